The van der Waals surface area contributed by atoms with Crippen molar-refractivity contribution < 1.29 is 4.74 Å². The number of aromatic nitrogens is 1. The molecule has 142 valence electrons. The average Bonchev–Trinajstić information content (AvgIpc) is 2.55. The lowest BCUT2D eigenvalue weighted by atomic mass is 9.84. The topological polar surface area (TPSA) is 22.1 Å². The maximum Gasteiger partial charge on any atom is 0.164 e. The molecule has 1 aromatic heterocycles. The first kappa shape index (κ1) is 20.0. The van der Waals surface area contributed by atoms with E-state index in [0.717, 1.165) is 11.1 Å². The van der Waals surface area contributed by atoms with Gasteiger partial charge in [0.25, 0.3) is 0 Å². The quantitative estimate of drug-likeness (QED) is 0.457. The Morgan fingerprint density at radius 3 is 2.15 bits per heavy atom. The molecule has 1 heterocycles. The summed E-state index contributed by atoms with van der Waals surface area (Å²) in [6.45, 7) is 13.3. The summed E-state index contributed by atoms with van der Waals surface area (Å²) in [5, 5.41) is 1.90. The van der Waals surface area contributed by atoms with E-state index in [1.807, 2.05) is 19.1 Å². The Morgan fingerprint density at radius 1 is 0.926 bits per heavy atom. The van der Waals surface area contributed by atoms with E-state index in [0.29, 0.717) is 27.9 Å². The number of halogens is 2. The smallest absolute Gasteiger partial charge is 0.164 e. The minimum atomic E-state index is 0.117. The highest BCUT2D eigenvalue weighted by atomic mass is 35.5. The Morgan fingerprint density at radius 2 is 1.56 bits per heavy atom. The summed E-state index contributed by atoms with van der Waals surface area (Å²) >= 11 is 12.8. The SMILES string of the molecule is Cc1ccc2c(Cl)cc(Cl)c(OCc3c(C)cc(C(C)(C)C)cc3C)c2n1. The van der Waals surface area contributed by atoms with Crippen LogP contribution >= 0.6 is 23.2 Å². The van der Waals surface area contributed by atoms with Crippen molar-refractivity contribution >= 4 is 34.1 Å². The Hall–Kier alpha value is -1.77. The van der Waals surface area contributed by atoms with E-state index in [4.69, 9.17) is 27.9 Å². The highest BCUT2D eigenvalue weighted by molar-refractivity contribution is 6.39. The number of pyridine rings is 1. The highest BCUT2D eigenvalue weighted by Crippen LogP contribution is 2.38. The molecule has 0 spiro atoms. The molecule has 4 heteroatoms. The van der Waals surface area contributed by atoms with Crippen LogP contribution in [0.3, 0.4) is 0 Å². The van der Waals surface area contributed by atoms with Crippen LogP contribution in [-0.2, 0) is 12.0 Å². The molecule has 0 bridgehead atoms. The van der Waals surface area contributed by atoms with E-state index in [-0.39, 0.29) is 5.41 Å². The number of rotatable bonds is 3. The van der Waals surface area contributed by atoms with Crippen LogP contribution in [0.4, 0.5) is 0 Å². The maximum absolute atomic E-state index is 6.44. The summed E-state index contributed by atoms with van der Waals surface area (Å²) in [5.74, 6) is 0.582. The van der Waals surface area contributed by atoms with Crippen LogP contribution in [0.5, 0.6) is 5.75 Å². The van der Waals surface area contributed by atoms with Gasteiger partial charge in [-0.2, -0.15) is 0 Å². The molecule has 0 atom stereocenters. The molecule has 0 fully saturated rings. The van der Waals surface area contributed by atoms with E-state index >= 15 is 0 Å². The van der Waals surface area contributed by atoms with E-state index in [9.17, 15) is 0 Å². The van der Waals surface area contributed by atoms with Gasteiger partial charge in [0, 0.05) is 11.1 Å². The molecule has 0 aliphatic carbocycles. The summed E-state index contributed by atoms with van der Waals surface area (Å²) in [4.78, 5) is 4.61. The first-order valence-corrected chi connectivity index (χ1v) is 9.82. The molecule has 0 aliphatic rings. The number of benzene rings is 2. The van der Waals surface area contributed by atoms with Crippen molar-refractivity contribution in [3.8, 4) is 5.75 Å². The summed E-state index contributed by atoms with van der Waals surface area (Å²) in [6.07, 6.45) is 0. The third kappa shape index (κ3) is 4.07. The van der Waals surface area contributed by atoms with Gasteiger partial charge in [-0.25, -0.2) is 4.98 Å². The Labute approximate surface area is 171 Å². The number of hydrogen-bond acceptors (Lipinski definition) is 2. The second kappa shape index (κ2) is 7.33. The fourth-order valence-corrected chi connectivity index (χ4v) is 3.80. The predicted octanol–water partition coefficient (Wildman–Crippen LogP) is 7.34. The average molecular weight is 402 g/mol. The third-order valence-corrected chi connectivity index (χ3v) is 5.49. The Kier molecular flexibility index (Phi) is 5.42. The monoisotopic (exact) mass is 401 g/mol. The van der Waals surface area contributed by atoms with Gasteiger partial charge in [-0.05, 0) is 66.6 Å². The minimum absolute atomic E-state index is 0.117. The van der Waals surface area contributed by atoms with Gasteiger partial charge in [-0.1, -0.05) is 56.1 Å². The molecule has 0 radical (unpaired) electrons. The zero-order chi connectivity index (χ0) is 19.9. The molecule has 0 aliphatic heterocycles. The lowest BCUT2D eigenvalue weighted by molar-refractivity contribution is 0.308. The summed E-state index contributed by atoms with van der Waals surface area (Å²) < 4.78 is 6.18. The van der Waals surface area contributed by atoms with Crippen molar-refractivity contribution in [3.63, 3.8) is 0 Å². The molecule has 2 aromatic carbocycles. The zero-order valence-corrected chi connectivity index (χ0v) is 18.2. The van der Waals surface area contributed by atoms with Crippen LogP contribution in [0.1, 0.15) is 48.7 Å². The molecule has 27 heavy (non-hydrogen) atoms. The van der Waals surface area contributed by atoms with Gasteiger partial charge in [0.15, 0.2) is 5.75 Å². The van der Waals surface area contributed by atoms with Gasteiger partial charge >= 0.3 is 0 Å². The van der Waals surface area contributed by atoms with E-state index in [1.165, 1.54) is 22.3 Å². The fraction of sp³-hybridized carbons (Fsp3) is 0.348. The van der Waals surface area contributed by atoms with Gasteiger partial charge in [0.2, 0.25) is 0 Å². The second-order valence-corrected chi connectivity index (χ2v) is 8.96. The van der Waals surface area contributed by atoms with Crippen molar-refractivity contribution in [3.05, 3.63) is 68.3 Å². The normalized spacial score (nSPS) is 11.9. The predicted molar refractivity (Wildman–Crippen MR) is 115 cm³/mol. The van der Waals surface area contributed by atoms with E-state index in [1.54, 1.807) is 6.07 Å². The molecule has 3 aromatic rings. The number of hydrogen-bond donors (Lipinski definition) is 0. The van der Waals surface area contributed by atoms with Crippen molar-refractivity contribution in [2.24, 2.45) is 0 Å². The van der Waals surface area contributed by atoms with Crippen molar-refractivity contribution in [1.29, 1.82) is 0 Å². The standard InChI is InChI=1S/C23H25Cl2NO/c1-13-9-16(23(4,5)6)10-14(2)18(13)12-27-22-20(25)11-19(24)17-8-7-15(3)26-21(17)22/h7-11H,12H2,1-6H3. The largest absolute Gasteiger partial charge is 0.485 e. The summed E-state index contributed by atoms with van der Waals surface area (Å²) in [5.41, 5.74) is 6.66. The van der Waals surface area contributed by atoms with Gasteiger partial charge in [0.1, 0.15) is 12.1 Å². The number of fused-ring (bicyclic) bond motifs is 1. The Bertz CT molecular complexity index is 996. The first-order chi connectivity index (χ1) is 12.6. The number of ether oxygens (including phenoxy) is 1. The van der Waals surface area contributed by atoms with E-state index in [2.05, 4.69) is 51.7 Å². The molecular weight excluding hydrogens is 377 g/mol. The second-order valence-electron chi connectivity index (χ2n) is 8.15. The maximum atomic E-state index is 6.44. The molecule has 2 nitrogen and oxygen atoms in total. The van der Waals surface area contributed by atoms with Crippen molar-refractivity contribution in [2.45, 2.75) is 53.6 Å². The van der Waals surface area contributed by atoms with Crippen LogP contribution < -0.4 is 4.74 Å². The number of nitrogens with zero attached hydrogens (tertiary/aromatic N) is 1. The summed E-state index contributed by atoms with van der Waals surface area (Å²) in [6, 6.07) is 10.1. The summed E-state index contributed by atoms with van der Waals surface area (Å²) in [7, 11) is 0. The molecule has 0 saturated heterocycles. The molecule has 0 amide bonds. The fourth-order valence-electron chi connectivity index (χ4n) is 3.23. The van der Waals surface area contributed by atoms with Gasteiger partial charge in [-0.15, -0.1) is 0 Å². The van der Waals surface area contributed by atoms with Crippen molar-refractivity contribution in [1.82, 2.24) is 4.98 Å². The molecular formula is C23H25Cl2NO. The van der Waals surface area contributed by atoms with Crippen LogP contribution in [0.25, 0.3) is 10.9 Å². The molecule has 0 N–H and O–H groups in total. The van der Waals surface area contributed by atoms with Crippen LogP contribution in [0.15, 0.2) is 30.3 Å². The lowest BCUT2D eigenvalue weighted by Crippen LogP contribution is -2.13. The van der Waals surface area contributed by atoms with Crippen molar-refractivity contribution in [2.75, 3.05) is 0 Å². The highest BCUT2D eigenvalue weighted by Gasteiger charge is 2.18. The van der Waals surface area contributed by atoms with E-state index < -0.39 is 0 Å². The molecule has 0 saturated carbocycles. The number of aryl methyl sites for hydroxylation is 3. The van der Waals surface area contributed by atoms with Crippen LogP contribution in [-0.4, -0.2) is 4.98 Å². The van der Waals surface area contributed by atoms with Crippen LogP contribution in [0.2, 0.25) is 10.0 Å². The first-order valence-electron chi connectivity index (χ1n) is 9.06. The molecule has 3 rings (SSSR count). The van der Waals surface area contributed by atoms with Gasteiger partial charge in [0.05, 0.1) is 10.0 Å². The van der Waals surface area contributed by atoms with Gasteiger partial charge in [-0.3, -0.25) is 0 Å². The molecule has 0 unspecified atom stereocenters. The minimum Gasteiger partial charge on any atom is -0.485 e. The Balaban J connectivity index is 2.00. The zero-order valence-electron chi connectivity index (χ0n) is 16.7. The van der Waals surface area contributed by atoms with Gasteiger partial charge < -0.3 is 4.74 Å². The van der Waals surface area contributed by atoms with Crippen LogP contribution in [0, 0.1) is 20.8 Å². The lowest BCUT2D eigenvalue weighted by Gasteiger charge is -2.22. The third-order valence-electron chi connectivity index (χ3n) is 4.90.